The summed E-state index contributed by atoms with van der Waals surface area (Å²) in [5, 5.41) is 13.9. The number of nitrogens with one attached hydrogen (secondary N) is 1. The molecule has 2 atom stereocenters. The summed E-state index contributed by atoms with van der Waals surface area (Å²) in [6.07, 6.45) is 5.27. The van der Waals surface area contributed by atoms with E-state index in [0.29, 0.717) is 65.1 Å². The Kier molecular flexibility index (Phi) is 8.31. The van der Waals surface area contributed by atoms with Crippen LogP contribution in [0.3, 0.4) is 0 Å². The van der Waals surface area contributed by atoms with E-state index < -0.39 is 12.4 Å². The van der Waals surface area contributed by atoms with Crippen molar-refractivity contribution in [3.63, 3.8) is 0 Å². The average Bonchev–Trinajstić information content (AvgIpc) is 3.56. The number of anilines is 4. The topological polar surface area (TPSA) is 108 Å². The molecule has 1 aliphatic carbocycles. The number of rotatable bonds is 7. The molecule has 3 aromatic heterocycles. The van der Waals surface area contributed by atoms with Crippen LogP contribution in [0.25, 0.3) is 11.1 Å². The van der Waals surface area contributed by atoms with E-state index in [0.717, 1.165) is 44.8 Å². The number of aliphatic hydroxyl groups is 1. The van der Waals surface area contributed by atoms with Crippen LogP contribution in [0.1, 0.15) is 55.0 Å². The van der Waals surface area contributed by atoms with Crippen molar-refractivity contribution in [2.24, 2.45) is 12.5 Å². The van der Waals surface area contributed by atoms with E-state index in [4.69, 9.17) is 4.74 Å². The summed E-state index contributed by atoms with van der Waals surface area (Å²) in [6, 6.07) is 11.4. The predicted molar refractivity (Wildman–Crippen MR) is 195 cm³/mol. The number of hydrogen-bond acceptors (Lipinski definition) is 8. The lowest BCUT2D eigenvalue weighted by Gasteiger charge is -2.50. The molecule has 0 unspecified atom stereocenters. The smallest absolute Gasteiger partial charge is 0.274 e. The fourth-order valence-corrected chi connectivity index (χ4v) is 8.58. The van der Waals surface area contributed by atoms with Crippen molar-refractivity contribution < 1.29 is 19.0 Å². The number of ether oxygens (including phenoxy) is 1. The van der Waals surface area contributed by atoms with Gasteiger partial charge in [-0.3, -0.25) is 14.5 Å². The van der Waals surface area contributed by atoms with Gasteiger partial charge in [-0.2, -0.15) is 0 Å². The standard InChI is InChI=1S/C39H46FN7O4/c1-23-18-47(29-21-51-22-29)24(2)17-46(23)28-6-7-36(41-16-28)42-32-10-26(19-43(5)37(32)49)30-12-27(40)13-33(31(30)20-48)45-9-8-44-34(38(45)50)11-25-14-39(3,4)15-35(25)44/h6-7,10-13,16,19,23-24,29,48H,8-9,14-15,17-18,20-22H2,1-5H3,(H,41,42)/t23-,24+/m0/s1. The molecule has 0 radical (unpaired) electrons. The van der Waals surface area contributed by atoms with Crippen LogP contribution in [0.5, 0.6) is 0 Å². The van der Waals surface area contributed by atoms with Gasteiger partial charge in [0.25, 0.3) is 11.5 Å². The highest BCUT2D eigenvalue weighted by molar-refractivity contribution is 6.07. The number of aryl methyl sites for hydroxylation is 1. The van der Waals surface area contributed by atoms with Crippen molar-refractivity contribution in [3.8, 4) is 11.1 Å². The van der Waals surface area contributed by atoms with Crippen LogP contribution in [-0.2, 0) is 37.8 Å². The second kappa shape index (κ2) is 12.6. The molecule has 2 fully saturated rings. The van der Waals surface area contributed by atoms with Gasteiger partial charge in [-0.05, 0) is 79.6 Å². The highest BCUT2D eigenvalue weighted by Crippen LogP contribution is 2.41. The van der Waals surface area contributed by atoms with E-state index in [9.17, 15) is 14.7 Å². The average molecular weight is 696 g/mol. The van der Waals surface area contributed by atoms with Gasteiger partial charge in [-0.1, -0.05) is 13.8 Å². The molecule has 1 aromatic carbocycles. The molecule has 51 heavy (non-hydrogen) atoms. The van der Waals surface area contributed by atoms with Crippen LogP contribution >= 0.6 is 0 Å². The van der Waals surface area contributed by atoms with Crippen molar-refractivity contribution in [2.45, 2.75) is 71.8 Å². The Bertz CT molecular complexity index is 2070. The molecule has 0 saturated carbocycles. The summed E-state index contributed by atoms with van der Waals surface area (Å²) >= 11 is 0. The summed E-state index contributed by atoms with van der Waals surface area (Å²) < 4.78 is 24.4. The van der Waals surface area contributed by atoms with Crippen LogP contribution in [-0.4, -0.2) is 81.0 Å². The number of pyridine rings is 2. The van der Waals surface area contributed by atoms with Crippen molar-refractivity contribution in [2.75, 3.05) is 48.0 Å². The number of carbonyl (C=O) groups is 1. The summed E-state index contributed by atoms with van der Waals surface area (Å²) in [5.41, 5.74) is 5.83. The van der Waals surface area contributed by atoms with Crippen LogP contribution in [0, 0.1) is 11.2 Å². The number of nitrogens with zero attached hydrogens (tertiary/aromatic N) is 6. The van der Waals surface area contributed by atoms with E-state index in [-0.39, 0.29) is 22.6 Å². The number of hydrogen-bond donors (Lipinski definition) is 2. The number of aliphatic hydroxyl groups excluding tert-OH is 1. The minimum Gasteiger partial charge on any atom is -0.392 e. The van der Waals surface area contributed by atoms with E-state index in [1.54, 1.807) is 24.2 Å². The maximum Gasteiger partial charge on any atom is 0.274 e. The highest BCUT2D eigenvalue weighted by Gasteiger charge is 2.38. The molecule has 268 valence electrons. The fraction of sp³-hybridized carbons (Fsp3) is 0.462. The highest BCUT2D eigenvalue weighted by atomic mass is 19.1. The third-order valence-electron chi connectivity index (χ3n) is 11.2. The Morgan fingerprint density at radius 2 is 1.84 bits per heavy atom. The molecule has 2 saturated heterocycles. The van der Waals surface area contributed by atoms with Gasteiger partial charge < -0.3 is 34.1 Å². The zero-order valence-corrected chi connectivity index (χ0v) is 29.9. The van der Waals surface area contributed by atoms with Crippen LogP contribution < -0.4 is 20.7 Å². The Morgan fingerprint density at radius 3 is 2.55 bits per heavy atom. The van der Waals surface area contributed by atoms with Gasteiger partial charge in [-0.15, -0.1) is 0 Å². The molecule has 11 nitrogen and oxygen atoms in total. The molecular weight excluding hydrogens is 649 g/mol. The monoisotopic (exact) mass is 695 g/mol. The van der Waals surface area contributed by atoms with Gasteiger partial charge in [-0.25, -0.2) is 9.37 Å². The van der Waals surface area contributed by atoms with Gasteiger partial charge >= 0.3 is 0 Å². The molecule has 3 aliphatic heterocycles. The van der Waals surface area contributed by atoms with Gasteiger partial charge in [0.2, 0.25) is 0 Å². The van der Waals surface area contributed by atoms with Crippen molar-refractivity contribution in [1.82, 2.24) is 19.0 Å². The molecule has 8 rings (SSSR count). The van der Waals surface area contributed by atoms with Crippen LogP contribution in [0.2, 0.25) is 0 Å². The maximum atomic E-state index is 15.4. The zero-order chi connectivity index (χ0) is 35.8. The number of amides is 1. The summed E-state index contributed by atoms with van der Waals surface area (Å²) in [7, 11) is 1.63. The molecule has 0 spiro atoms. The Balaban J connectivity index is 1.06. The number of benzene rings is 1. The summed E-state index contributed by atoms with van der Waals surface area (Å²) in [4.78, 5) is 38.4. The first kappa shape index (κ1) is 33.6. The molecular formula is C39H46FN7O4. The largest absolute Gasteiger partial charge is 0.392 e. The second-order valence-electron chi connectivity index (χ2n) is 15.6. The van der Waals surface area contributed by atoms with Gasteiger partial charge in [0.1, 0.15) is 23.0 Å². The fourth-order valence-electron chi connectivity index (χ4n) is 8.58. The Hall–Kier alpha value is -4.52. The van der Waals surface area contributed by atoms with E-state index in [2.05, 4.69) is 52.4 Å². The zero-order valence-electron chi connectivity index (χ0n) is 29.9. The maximum absolute atomic E-state index is 15.4. The van der Waals surface area contributed by atoms with Crippen molar-refractivity contribution >= 4 is 28.8 Å². The van der Waals surface area contributed by atoms with Gasteiger partial charge in [0.15, 0.2) is 0 Å². The summed E-state index contributed by atoms with van der Waals surface area (Å²) in [5.74, 6) is -0.254. The number of carbonyl (C=O) groups excluding carboxylic acids is 1. The lowest BCUT2D eigenvalue weighted by atomic mass is 9.90. The number of aromatic nitrogens is 3. The molecule has 2 N–H and O–H groups in total. The number of halogens is 1. The quantitative estimate of drug-likeness (QED) is 0.287. The third kappa shape index (κ3) is 5.92. The molecule has 4 aliphatic rings. The normalized spacial score (nSPS) is 21.8. The lowest BCUT2D eigenvalue weighted by molar-refractivity contribution is -0.0828. The minimum atomic E-state index is -0.541. The van der Waals surface area contributed by atoms with Crippen molar-refractivity contribution in [1.29, 1.82) is 0 Å². The first-order chi connectivity index (χ1) is 24.4. The van der Waals surface area contributed by atoms with Gasteiger partial charge in [0.05, 0.1) is 43.4 Å². The van der Waals surface area contributed by atoms with Crippen LogP contribution in [0.4, 0.5) is 27.3 Å². The van der Waals surface area contributed by atoms with E-state index in [1.807, 2.05) is 24.4 Å². The number of piperazine rings is 1. The first-order valence-electron chi connectivity index (χ1n) is 17.9. The van der Waals surface area contributed by atoms with E-state index >= 15 is 4.39 Å². The molecule has 4 aromatic rings. The molecule has 12 heteroatoms. The molecule has 6 heterocycles. The van der Waals surface area contributed by atoms with Crippen LogP contribution in [0.15, 0.2) is 53.6 Å². The number of fused-ring (bicyclic) bond motifs is 3. The Morgan fingerprint density at radius 1 is 1.04 bits per heavy atom. The Labute approximate surface area is 297 Å². The molecule has 0 bridgehead atoms. The van der Waals surface area contributed by atoms with Gasteiger partial charge in [0, 0.05) is 68.3 Å². The third-order valence-corrected chi connectivity index (χ3v) is 11.2. The first-order valence-corrected chi connectivity index (χ1v) is 17.9. The summed E-state index contributed by atoms with van der Waals surface area (Å²) in [6.45, 7) is 12.9. The molecule has 1 amide bonds. The lowest BCUT2D eigenvalue weighted by Crippen LogP contribution is -2.63. The second-order valence-corrected chi connectivity index (χ2v) is 15.6. The predicted octanol–water partition coefficient (Wildman–Crippen LogP) is 4.71. The van der Waals surface area contributed by atoms with Crippen molar-refractivity contribution in [3.05, 3.63) is 87.5 Å². The minimum absolute atomic E-state index is 0.163. The van der Waals surface area contributed by atoms with E-state index in [1.165, 1.54) is 28.0 Å². The SMILES string of the molecule is C[C@@H]1CN(c2ccc(Nc3cc(-c4cc(F)cc(N5CCn6c(cc7c6CC(C)(C)C7)C5=O)c4CO)cn(C)c3=O)nc2)[C@@H](C)CN1C1COC1.